The third-order valence-corrected chi connectivity index (χ3v) is 3.71. The number of rotatable bonds is 5. The highest BCUT2D eigenvalue weighted by Gasteiger charge is 2.14. The number of hydrogen-bond acceptors (Lipinski definition) is 4. The Balaban J connectivity index is 0.00000312. The van der Waals surface area contributed by atoms with Gasteiger partial charge in [-0.25, -0.2) is 9.78 Å². The number of carbonyl (C=O) groups is 1. The fraction of sp³-hybridized carbons (Fsp3) is 0.625. The quantitative estimate of drug-likeness (QED) is 0.857. The van der Waals surface area contributed by atoms with Gasteiger partial charge in [-0.2, -0.15) is 8.78 Å². The first-order chi connectivity index (χ1) is 11.6. The summed E-state index contributed by atoms with van der Waals surface area (Å²) in [6, 6.07) is 2.67. The van der Waals surface area contributed by atoms with Crippen molar-refractivity contribution in [2.75, 3.05) is 13.2 Å². The Morgan fingerprint density at radius 1 is 1.42 bits per heavy atom. The van der Waals surface area contributed by atoms with E-state index in [0.29, 0.717) is 12.2 Å². The molecule has 6 nitrogen and oxygen atoms in total. The van der Waals surface area contributed by atoms with Crippen LogP contribution in [0.4, 0.5) is 13.6 Å². The first-order valence-corrected chi connectivity index (χ1v) is 8.15. The van der Waals surface area contributed by atoms with Gasteiger partial charge in [-0.1, -0.05) is 19.3 Å². The summed E-state index contributed by atoms with van der Waals surface area (Å²) in [6.45, 7) is -1.49. The number of halogens is 2. The van der Waals surface area contributed by atoms with Gasteiger partial charge in [0.25, 0.3) is 0 Å². The lowest BCUT2D eigenvalue weighted by Gasteiger charge is -2.18. The van der Waals surface area contributed by atoms with E-state index in [-0.39, 0.29) is 27.4 Å². The minimum absolute atomic E-state index is 0. The zero-order valence-corrected chi connectivity index (χ0v) is 13.5. The number of alkyl halides is 2. The van der Waals surface area contributed by atoms with E-state index in [1.807, 2.05) is 0 Å². The Morgan fingerprint density at radius 3 is 3.08 bits per heavy atom. The molecule has 2 N–H and O–H groups in total. The molecule has 1 saturated heterocycles. The molecule has 1 fully saturated rings. The first kappa shape index (κ1) is 18.4. The van der Waals surface area contributed by atoms with Gasteiger partial charge in [0.1, 0.15) is 0 Å². The molecule has 8 heteroatoms. The summed E-state index contributed by atoms with van der Waals surface area (Å²) >= 11 is 0. The van der Waals surface area contributed by atoms with Crippen LogP contribution in [0.2, 0.25) is 0 Å². The van der Waals surface area contributed by atoms with Crippen LogP contribution in [0.15, 0.2) is 18.3 Å². The molecule has 2 rings (SSSR count). The van der Waals surface area contributed by atoms with Crippen LogP contribution in [0.25, 0.3) is 0 Å². The van der Waals surface area contributed by atoms with Crippen LogP contribution >= 0.6 is 0 Å². The van der Waals surface area contributed by atoms with Crippen molar-refractivity contribution < 1.29 is 25.9 Å². The van der Waals surface area contributed by atoms with E-state index in [4.69, 9.17) is 4.74 Å². The number of carbonyl (C=O) groups excluding carboxylic acids is 1. The molecule has 2 heterocycles. The summed E-state index contributed by atoms with van der Waals surface area (Å²) in [7, 11) is 0. The fourth-order valence-electron chi connectivity index (χ4n) is 2.51. The molecular weight excluding hydrogens is 320 g/mol. The molecule has 1 aromatic rings. The lowest BCUT2D eigenvalue weighted by atomic mass is 10.1. The number of hydrogen-bond donors (Lipinski definition) is 2. The number of urea groups is 1. The topological polar surface area (TPSA) is 72.5 Å². The van der Waals surface area contributed by atoms with Crippen LogP contribution in [-0.4, -0.2) is 36.9 Å². The highest BCUT2D eigenvalue weighted by molar-refractivity contribution is 5.74. The van der Waals surface area contributed by atoms with Crippen molar-refractivity contribution in [1.29, 1.82) is 0 Å². The van der Waals surface area contributed by atoms with Gasteiger partial charge in [0.05, 0.1) is 12.6 Å². The molecule has 0 radical (unpaired) electrons. The molecule has 0 spiro atoms. The van der Waals surface area contributed by atoms with Gasteiger partial charge in [-0.05, 0) is 24.5 Å². The number of ether oxygens (including phenoxy) is 2. The number of aromatic nitrogens is 1. The van der Waals surface area contributed by atoms with Gasteiger partial charge < -0.3 is 20.1 Å². The second-order valence-electron chi connectivity index (χ2n) is 5.68. The fourth-order valence-corrected chi connectivity index (χ4v) is 2.51. The summed E-state index contributed by atoms with van der Waals surface area (Å²) in [4.78, 5) is 15.7. The number of amides is 2. The highest BCUT2D eigenvalue weighted by Crippen LogP contribution is 2.12. The standard InChI is InChI=1S/C16H23F2N3O3.2H2/c17-15(18)24-14-9-12(6-7-19-14)10-20-16(22)21-13-5-3-1-2-4-8-23-11-13;;/h6-7,9,13,15H,1-5,8,10-11H2,(H2,20,21,22);2*1H. The molecule has 2 amide bonds. The van der Waals surface area contributed by atoms with Gasteiger partial charge in [0.2, 0.25) is 5.88 Å². The SMILES string of the molecule is O=C(NCc1ccnc(OC(F)F)c1)NC1CCCCCCOC1.[HH].[HH]. The molecule has 0 aliphatic carbocycles. The second kappa shape index (κ2) is 10.0. The van der Waals surface area contributed by atoms with Crippen LogP contribution in [0.3, 0.4) is 0 Å². The molecule has 1 aliphatic rings. The van der Waals surface area contributed by atoms with Crippen LogP contribution in [0, 0.1) is 0 Å². The van der Waals surface area contributed by atoms with Crippen molar-refractivity contribution in [3.05, 3.63) is 23.9 Å². The summed E-state index contributed by atoms with van der Waals surface area (Å²) in [5.74, 6) is -0.172. The largest absolute Gasteiger partial charge is 0.417 e. The normalized spacial score (nSPS) is 19.0. The van der Waals surface area contributed by atoms with E-state index in [2.05, 4.69) is 20.4 Å². The number of nitrogens with one attached hydrogen (secondary N) is 2. The molecule has 1 aliphatic heterocycles. The van der Waals surface area contributed by atoms with Crippen molar-refractivity contribution in [1.82, 2.24) is 15.6 Å². The zero-order chi connectivity index (χ0) is 17.2. The Hall–Kier alpha value is -1.96. The molecule has 1 atom stereocenters. The summed E-state index contributed by atoms with van der Waals surface area (Å²) < 4.78 is 34.1. The number of nitrogens with zero attached hydrogens (tertiary/aromatic N) is 1. The van der Waals surface area contributed by atoms with Crippen molar-refractivity contribution >= 4 is 6.03 Å². The van der Waals surface area contributed by atoms with Crippen molar-refractivity contribution in [3.8, 4) is 5.88 Å². The lowest BCUT2D eigenvalue weighted by Crippen LogP contribution is -2.44. The maximum absolute atomic E-state index is 12.2. The Morgan fingerprint density at radius 2 is 2.25 bits per heavy atom. The van der Waals surface area contributed by atoms with Gasteiger partial charge in [-0.3, -0.25) is 0 Å². The van der Waals surface area contributed by atoms with E-state index >= 15 is 0 Å². The summed E-state index contributed by atoms with van der Waals surface area (Å²) in [5, 5.41) is 5.59. The maximum atomic E-state index is 12.2. The van der Waals surface area contributed by atoms with E-state index in [9.17, 15) is 13.6 Å². The lowest BCUT2D eigenvalue weighted by molar-refractivity contribution is -0.0529. The highest BCUT2D eigenvalue weighted by atomic mass is 19.3. The van der Waals surface area contributed by atoms with Crippen molar-refractivity contribution in [3.63, 3.8) is 0 Å². The zero-order valence-electron chi connectivity index (χ0n) is 13.5. The average molecular weight is 347 g/mol. The molecule has 1 unspecified atom stereocenters. The van der Waals surface area contributed by atoms with Gasteiger partial charge >= 0.3 is 12.6 Å². The minimum Gasteiger partial charge on any atom is -0.417 e. The molecule has 24 heavy (non-hydrogen) atoms. The Labute approximate surface area is 142 Å². The Kier molecular flexibility index (Phi) is 7.67. The van der Waals surface area contributed by atoms with Crippen LogP contribution in [-0.2, 0) is 11.3 Å². The minimum atomic E-state index is -2.92. The van der Waals surface area contributed by atoms with E-state index < -0.39 is 6.61 Å². The first-order valence-electron chi connectivity index (χ1n) is 8.15. The van der Waals surface area contributed by atoms with Crippen molar-refractivity contribution in [2.24, 2.45) is 0 Å². The van der Waals surface area contributed by atoms with Gasteiger partial charge in [0, 0.05) is 28.3 Å². The van der Waals surface area contributed by atoms with Crippen LogP contribution < -0.4 is 15.4 Å². The predicted octanol–water partition coefficient (Wildman–Crippen LogP) is 3.32. The molecule has 0 bridgehead atoms. The molecule has 0 saturated carbocycles. The van der Waals surface area contributed by atoms with E-state index in [0.717, 1.165) is 38.7 Å². The van der Waals surface area contributed by atoms with Crippen LogP contribution in [0.5, 0.6) is 5.88 Å². The predicted molar refractivity (Wildman–Crippen MR) is 88.2 cm³/mol. The van der Waals surface area contributed by atoms with Gasteiger partial charge in [0.15, 0.2) is 0 Å². The Bertz CT molecular complexity index is 517. The van der Waals surface area contributed by atoms with E-state index in [1.165, 1.54) is 12.3 Å². The summed E-state index contributed by atoms with van der Waals surface area (Å²) in [5.41, 5.74) is 0.626. The third kappa shape index (κ3) is 7.08. The smallest absolute Gasteiger partial charge is 0.388 e. The average Bonchev–Trinajstić information content (AvgIpc) is 2.67. The van der Waals surface area contributed by atoms with E-state index in [1.54, 1.807) is 6.07 Å². The van der Waals surface area contributed by atoms with Crippen LogP contribution in [0.1, 0.15) is 40.5 Å². The third-order valence-electron chi connectivity index (χ3n) is 3.71. The molecule has 0 aromatic carbocycles. The molecule has 138 valence electrons. The summed E-state index contributed by atoms with van der Waals surface area (Å²) in [6.07, 6.45) is 6.67. The van der Waals surface area contributed by atoms with Gasteiger partial charge in [-0.15, -0.1) is 0 Å². The van der Waals surface area contributed by atoms with Crippen molar-refractivity contribution in [2.45, 2.75) is 51.3 Å². The molecular formula is C16H27F2N3O3. The maximum Gasteiger partial charge on any atom is 0.388 e. The second-order valence-corrected chi connectivity index (χ2v) is 5.68. The monoisotopic (exact) mass is 347 g/mol. The molecule has 1 aromatic heterocycles. The number of pyridine rings is 1.